The summed E-state index contributed by atoms with van der Waals surface area (Å²) in [5, 5.41) is 5.65. The fourth-order valence-electron chi connectivity index (χ4n) is 3.19. The van der Waals surface area contributed by atoms with E-state index in [1.807, 2.05) is 24.0 Å². The van der Waals surface area contributed by atoms with Crippen molar-refractivity contribution in [1.29, 1.82) is 0 Å². The number of likely N-dealkylation sites (tertiary alicyclic amines) is 1. The normalized spacial score (nSPS) is 15.9. The quantitative estimate of drug-likeness (QED) is 0.764. The van der Waals surface area contributed by atoms with Crippen molar-refractivity contribution < 1.29 is 22.8 Å². The second kappa shape index (κ2) is 8.96. The third-order valence-electron chi connectivity index (χ3n) is 4.75. The Labute approximate surface area is 170 Å². The summed E-state index contributed by atoms with van der Waals surface area (Å²) in [6.07, 6.45) is -2.92. The molecule has 0 unspecified atom stereocenters. The molecule has 2 heterocycles. The van der Waals surface area contributed by atoms with E-state index in [0.717, 1.165) is 29.9 Å². The van der Waals surface area contributed by atoms with Crippen LogP contribution >= 0.6 is 11.3 Å². The molecule has 0 atom stereocenters. The van der Waals surface area contributed by atoms with Crippen LogP contribution in [0.4, 0.5) is 18.9 Å². The molecule has 9 heteroatoms. The molecular formula is C20H22F3N3O2S. The van der Waals surface area contributed by atoms with Crippen LogP contribution in [0.3, 0.4) is 0 Å². The van der Waals surface area contributed by atoms with Crippen LogP contribution in [-0.2, 0) is 11.0 Å². The van der Waals surface area contributed by atoms with Crippen molar-refractivity contribution in [2.24, 2.45) is 0 Å². The minimum Gasteiger partial charge on any atom is -0.349 e. The molecule has 3 rings (SSSR count). The van der Waals surface area contributed by atoms with E-state index in [-0.39, 0.29) is 24.4 Å². The molecule has 0 saturated carbocycles. The fraction of sp³-hybridized carbons (Fsp3) is 0.400. The maximum absolute atomic E-state index is 12.6. The summed E-state index contributed by atoms with van der Waals surface area (Å²) in [4.78, 5) is 28.1. The smallest absolute Gasteiger partial charge is 0.349 e. The minimum absolute atomic E-state index is 0.0680. The summed E-state index contributed by atoms with van der Waals surface area (Å²) < 4.78 is 37.7. The first-order valence-electron chi connectivity index (χ1n) is 9.27. The summed E-state index contributed by atoms with van der Waals surface area (Å²) in [7, 11) is 0. The molecular weight excluding hydrogens is 403 g/mol. The molecule has 0 spiro atoms. The predicted molar refractivity (Wildman–Crippen MR) is 106 cm³/mol. The average Bonchev–Trinajstić information content (AvgIpc) is 3.09. The van der Waals surface area contributed by atoms with Crippen LogP contribution in [-0.4, -0.2) is 42.4 Å². The number of halogens is 3. The Hall–Kier alpha value is -2.39. The molecule has 1 aromatic heterocycles. The molecule has 1 aliphatic rings. The van der Waals surface area contributed by atoms with E-state index in [1.54, 1.807) is 0 Å². The number of aryl methyl sites for hydroxylation is 1. The Morgan fingerprint density at radius 1 is 1.10 bits per heavy atom. The van der Waals surface area contributed by atoms with E-state index in [9.17, 15) is 22.8 Å². The van der Waals surface area contributed by atoms with E-state index in [0.29, 0.717) is 23.7 Å². The molecule has 1 aromatic carbocycles. The van der Waals surface area contributed by atoms with Gasteiger partial charge in [-0.15, -0.1) is 11.3 Å². The number of alkyl halides is 3. The van der Waals surface area contributed by atoms with Gasteiger partial charge in [-0.05, 0) is 56.2 Å². The molecule has 156 valence electrons. The maximum Gasteiger partial charge on any atom is 0.416 e. The lowest BCUT2D eigenvalue weighted by molar-refractivity contribution is -0.137. The summed E-state index contributed by atoms with van der Waals surface area (Å²) in [5.41, 5.74) is -0.422. The Morgan fingerprint density at radius 2 is 1.76 bits per heavy atom. The van der Waals surface area contributed by atoms with Crippen molar-refractivity contribution in [3.8, 4) is 0 Å². The Balaban J connectivity index is 1.42. The molecule has 0 bridgehead atoms. The van der Waals surface area contributed by atoms with Crippen LogP contribution in [0.2, 0.25) is 0 Å². The standard InChI is InChI=1S/C20H22F3N3O2S/c1-13-2-7-17(29-13)19(28)25-16-8-10-26(11-9-16)12-18(27)24-15-5-3-14(4-6-15)20(21,22)23/h2-7,16H,8-12H2,1H3,(H,24,27)(H,25,28). The molecule has 1 aliphatic heterocycles. The number of hydrogen-bond acceptors (Lipinski definition) is 4. The first-order chi connectivity index (χ1) is 13.7. The Kier molecular flexibility index (Phi) is 6.59. The molecule has 0 radical (unpaired) electrons. The van der Waals surface area contributed by atoms with Crippen LogP contribution in [0.15, 0.2) is 36.4 Å². The van der Waals surface area contributed by atoms with Crippen molar-refractivity contribution in [3.63, 3.8) is 0 Å². The van der Waals surface area contributed by atoms with Gasteiger partial charge < -0.3 is 10.6 Å². The summed E-state index contributed by atoms with van der Waals surface area (Å²) >= 11 is 1.46. The summed E-state index contributed by atoms with van der Waals surface area (Å²) in [5.74, 6) is -0.345. The summed E-state index contributed by atoms with van der Waals surface area (Å²) in [6, 6.07) is 8.17. The molecule has 2 amide bonds. The number of benzene rings is 1. The monoisotopic (exact) mass is 425 g/mol. The van der Waals surface area contributed by atoms with Crippen molar-refractivity contribution in [3.05, 3.63) is 51.7 Å². The number of rotatable bonds is 5. The zero-order valence-electron chi connectivity index (χ0n) is 15.9. The first-order valence-corrected chi connectivity index (χ1v) is 10.1. The van der Waals surface area contributed by atoms with Crippen LogP contribution in [0.5, 0.6) is 0 Å². The van der Waals surface area contributed by atoms with Gasteiger partial charge in [0, 0.05) is 29.7 Å². The number of hydrogen-bond donors (Lipinski definition) is 2. The second-order valence-electron chi connectivity index (χ2n) is 7.06. The average molecular weight is 425 g/mol. The third-order valence-corrected chi connectivity index (χ3v) is 5.75. The van der Waals surface area contributed by atoms with E-state index >= 15 is 0 Å². The topological polar surface area (TPSA) is 61.4 Å². The van der Waals surface area contributed by atoms with Gasteiger partial charge in [0.2, 0.25) is 5.91 Å². The summed E-state index contributed by atoms with van der Waals surface area (Å²) in [6.45, 7) is 3.44. The van der Waals surface area contributed by atoms with Gasteiger partial charge in [0.15, 0.2) is 0 Å². The number of nitrogens with zero attached hydrogens (tertiary/aromatic N) is 1. The molecule has 5 nitrogen and oxygen atoms in total. The van der Waals surface area contributed by atoms with Crippen molar-refractivity contribution in [2.45, 2.75) is 32.0 Å². The van der Waals surface area contributed by atoms with Crippen LogP contribution in [0, 0.1) is 6.92 Å². The van der Waals surface area contributed by atoms with Gasteiger partial charge in [0.25, 0.3) is 5.91 Å². The van der Waals surface area contributed by atoms with E-state index in [4.69, 9.17) is 0 Å². The van der Waals surface area contributed by atoms with E-state index in [2.05, 4.69) is 10.6 Å². The largest absolute Gasteiger partial charge is 0.416 e. The predicted octanol–water partition coefficient (Wildman–Crippen LogP) is 3.91. The van der Waals surface area contributed by atoms with Gasteiger partial charge in [0.05, 0.1) is 17.0 Å². The van der Waals surface area contributed by atoms with Crippen molar-refractivity contribution in [1.82, 2.24) is 10.2 Å². The van der Waals surface area contributed by atoms with Crippen LogP contribution in [0.1, 0.15) is 33.0 Å². The number of anilines is 1. The van der Waals surface area contributed by atoms with Crippen molar-refractivity contribution in [2.75, 3.05) is 25.0 Å². The van der Waals surface area contributed by atoms with Crippen LogP contribution in [0.25, 0.3) is 0 Å². The molecule has 2 aromatic rings. The zero-order valence-corrected chi connectivity index (χ0v) is 16.7. The van der Waals surface area contributed by atoms with Gasteiger partial charge >= 0.3 is 6.18 Å². The minimum atomic E-state index is -4.40. The zero-order chi connectivity index (χ0) is 21.0. The lowest BCUT2D eigenvalue weighted by atomic mass is 10.0. The van der Waals surface area contributed by atoms with E-state index < -0.39 is 11.7 Å². The van der Waals surface area contributed by atoms with Crippen molar-refractivity contribution >= 4 is 28.8 Å². The third kappa shape index (κ3) is 6.04. The van der Waals surface area contributed by atoms with Gasteiger partial charge in [-0.1, -0.05) is 0 Å². The van der Waals surface area contributed by atoms with Crippen LogP contribution < -0.4 is 10.6 Å². The Bertz CT molecular complexity index is 857. The highest BCUT2D eigenvalue weighted by molar-refractivity contribution is 7.13. The van der Waals surface area contributed by atoms with Gasteiger partial charge in [-0.25, -0.2) is 0 Å². The number of amides is 2. The fourth-order valence-corrected chi connectivity index (χ4v) is 3.97. The van der Waals surface area contributed by atoms with Gasteiger partial charge in [-0.3, -0.25) is 14.5 Å². The lowest BCUT2D eigenvalue weighted by Gasteiger charge is -2.31. The van der Waals surface area contributed by atoms with E-state index in [1.165, 1.54) is 23.5 Å². The SMILES string of the molecule is Cc1ccc(C(=O)NC2CCN(CC(=O)Nc3ccc(C(F)(F)F)cc3)CC2)s1. The molecule has 0 aliphatic carbocycles. The molecule has 2 N–H and O–H groups in total. The number of thiophene rings is 1. The highest BCUT2D eigenvalue weighted by Crippen LogP contribution is 2.29. The maximum atomic E-state index is 12.6. The second-order valence-corrected chi connectivity index (χ2v) is 8.35. The molecule has 1 saturated heterocycles. The number of carbonyl (C=O) groups excluding carboxylic acids is 2. The molecule has 1 fully saturated rings. The lowest BCUT2D eigenvalue weighted by Crippen LogP contribution is -2.46. The molecule has 29 heavy (non-hydrogen) atoms. The Morgan fingerprint density at radius 3 is 2.31 bits per heavy atom. The number of nitrogens with one attached hydrogen (secondary N) is 2. The first kappa shape index (κ1) is 21.3. The van der Waals surface area contributed by atoms with Gasteiger partial charge in [-0.2, -0.15) is 13.2 Å². The number of piperidine rings is 1. The van der Waals surface area contributed by atoms with Gasteiger partial charge in [0.1, 0.15) is 0 Å². The highest BCUT2D eigenvalue weighted by Gasteiger charge is 2.30. The highest BCUT2D eigenvalue weighted by atomic mass is 32.1. The number of carbonyl (C=O) groups is 2.